The highest BCUT2D eigenvalue weighted by atomic mass is 16.3. The predicted octanol–water partition coefficient (Wildman–Crippen LogP) is 3.01. The molecule has 23 heavy (non-hydrogen) atoms. The maximum Gasteiger partial charge on any atom is 0.162 e. The predicted molar refractivity (Wildman–Crippen MR) is 93.9 cm³/mol. The highest BCUT2D eigenvalue weighted by Gasteiger charge is 2.11. The van der Waals surface area contributed by atoms with Crippen molar-refractivity contribution in [3.63, 3.8) is 0 Å². The maximum absolute atomic E-state index is 10.7. The van der Waals surface area contributed by atoms with Gasteiger partial charge in [-0.15, -0.1) is 0 Å². The van der Waals surface area contributed by atoms with Crippen molar-refractivity contribution in [1.29, 1.82) is 0 Å². The Bertz CT molecular complexity index is 555. The molecule has 2 aromatic rings. The van der Waals surface area contributed by atoms with Crippen LogP contribution in [0.15, 0.2) is 60.7 Å². The van der Waals surface area contributed by atoms with E-state index in [1.807, 2.05) is 36.4 Å². The van der Waals surface area contributed by atoms with E-state index in [1.54, 1.807) is 31.2 Å². The summed E-state index contributed by atoms with van der Waals surface area (Å²) >= 11 is 0. The summed E-state index contributed by atoms with van der Waals surface area (Å²) in [5.74, 6) is -0.226. The van der Waals surface area contributed by atoms with Gasteiger partial charge < -0.3 is 15.9 Å². The van der Waals surface area contributed by atoms with Gasteiger partial charge in [-0.05, 0) is 25.0 Å². The molecule has 0 heterocycles. The molecule has 2 rings (SSSR count). The standard InChI is InChI=1S/C9H13NO.C9H10O2.CH4/c2*1-7(10)9(11)8-5-3-2-4-6-8;/h2-7,9,11H,10H2,1H3;2-6,9,11H,1H3;1H4/t7-,9-;9-;/m00./s1. The average Bonchev–Trinajstić information content (AvgIpc) is 2.55. The summed E-state index contributed by atoms with van der Waals surface area (Å²) in [4.78, 5) is 10.7. The van der Waals surface area contributed by atoms with Gasteiger partial charge in [0.25, 0.3) is 0 Å². The number of ketones is 1. The first-order valence-electron chi connectivity index (χ1n) is 7.15. The Labute approximate surface area is 138 Å². The summed E-state index contributed by atoms with van der Waals surface area (Å²) in [5.41, 5.74) is 7.05. The Kier molecular flexibility index (Phi) is 9.74. The van der Waals surface area contributed by atoms with Crippen LogP contribution in [-0.2, 0) is 4.79 Å². The van der Waals surface area contributed by atoms with Crippen LogP contribution in [-0.4, -0.2) is 22.0 Å². The van der Waals surface area contributed by atoms with Crippen molar-refractivity contribution in [2.45, 2.75) is 39.5 Å². The number of carbonyl (C=O) groups is 1. The highest BCUT2D eigenvalue weighted by molar-refractivity contribution is 5.81. The number of aliphatic hydroxyl groups is 2. The number of rotatable bonds is 4. The molecule has 3 atom stereocenters. The highest BCUT2D eigenvalue weighted by Crippen LogP contribution is 2.14. The summed E-state index contributed by atoms with van der Waals surface area (Å²) in [6, 6.07) is 18.1. The van der Waals surface area contributed by atoms with Crippen molar-refractivity contribution in [3.8, 4) is 0 Å². The van der Waals surface area contributed by atoms with Crippen LogP contribution in [0.2, 0.25) is 0 Å². The largest absolute Gasteiger partial charge is 0.387 e. The van der Waals surface area contributed by atoms with E-state index in [0.717, 1.165) is 5.56 Å². The molecule has 0 saturated carbocycles. The SMILES string of the molecule is C.CC(=O)[C@H](O)c1ccccc1.C[C@H](N)[C@H](O)c1ccccc1. The first kappa shape index (κ1) is 21.0. The molecule has 0 aromatic heterocycles. The number of hydrogen-bond acceptors (Lipinski definition) is 4. The monoisotopic (exact) mass is 317 g/mol. The first-order valence-corrected chi connectivity index (χ1v) is 7.15. The minimum atomic E-state index is -0.962. The molecule has 0 radical (unpaired) electrons. The van der Waals surface area contributed by atoms with Gasteiger partial charge in [0, 0.05) is 6.04 Å². The summed E-state index contributed by atoms with van der Waals surface area (Å²) in [6.07, 6.45) is -1.51. The van der Waals surface area contributed by atoms with Crippen LogP contribution < -0.4 is 5.73 Å². The molecule has 0 aliphatic carbocycles. The van der Waals surface area contributed by atoms with Crippen LogP contribution in [0.1, 0.15) is 44.6 Å². The number of Topliss-reactive ketones (excluding diaryl/α,β-unsaturated/α-hetero) is 1. The Morgan fingerprint density at radius 2 is 1.30 bits per heavy atom. The van der Waals surface area contributed by atoms with Crippen LogP contribution in [0.3, 0.4) is 0 Å². The fourth-order valence-corrected chi connectivity index (χ4v) is 1.82. The molecular formula is C19H27NO3. The van der Waals surface area contributed by atoms with E-state index in [-0.39, 0.29) is 19.3 Å². The van der Waals surface area contributed by atoms with Crippen molar-refractivity contribution in [2.24, 2.45) is 5.73 Å². The van der Waals surface area contributed by atoms with Gasteiger partial charge in [-0.25, -0.2) is 0 Å². The summed E-state index contributed by atoms with van der Waals surface area (Å²) < 4.78 is 0. The summed E-state index contributed by atoms with van der Waals surface area (Å²) in [6.45, 7) is 3.16. The molecular weight excluding hydrogens is 290 g/mol. The molecule has 2 aromatic carbocycles. The minimum absolute atomic E-state index is 0. The summed E-state index contributed by atoms with van der Waals surface area (Å²) in [7, 11) is 0. The number of carbonyl (C=O) groups excluding carboxylic acids is 1. The molecule has 0 amide bonds. The lowest BCUT2D eigenvalue weighted by Gasteiger charge is -2.13. The van der Waals surface area contributed by atoms with E-state index in [4.69, 9.17) is 5.73 Å². The zero-order valence-corrected chi connectivity index (χ0v) is 12.9. The van der Waals surface area contributed by atoms with Gasteiger partial charge in [0.15, 0.2) is 5.78 Å². The molecule has 0 unspecified atom stereocenters. The van der Waals surface area contributed by atoms with Crippen molar-refractivity contribution in [1.82, 2.24) is 0 Å². The van der Waals surface area contributed by atoms with E-state index in [2.05, 4.69) is 0 Å². The van der Waals surface area contributed by atoms with Gasteiger partial charge in [0.2, 0.25) is 0 Å². The Hall–Kier alpha value is -2.01. The third kappa shape index (κ3) is 7.19. The van der Waals surface area contributed by atoms with E-state index < -0.39 is 12.2 Å². The number of benzene rings is 2. The molecule has 0 spiro atoms. The Morgan fingerprint density at radius 3 is 1.65 bits per heavy atom. The lowest BCUT2D eigenvalue weighted by atomic mass is 10.0. The molecule has 0 fully saturated rings. The zero-order chi connectivity index (χ0) is 16.5. The van der Waals surface area contributed by atoms with Crippen LogP contribution in [0, 0.1) is 0 Å². The van der Waals surface area contributed by atoms with Gasteiger partial charge in [-0.3, -0.25) is 4.79 Å². The third-order valence-corrected chi connectivity index (χ3v) is 3.14. The molecule has 0 bridgehead atoms. The lowest BCUT2D eigenvalue weighted by Crippen LogP contribution is -2.24. The van der Waals surface area contributed by atoms with Crippen LogP contribution in [0.25, 0.3) is 0 Å². The molecule has 126 valence electrons. The van der Waals surface area contributed by atoms with Crippen molar-refractivity contribution < 1.29 is 15.0 Å². The molecule has 0 aliphatic heterocycles. The smallest absolute Gasteiger partial charge is 0.162 e. The minimum Gasteiger partial charge on any atom is -0.387 e. The van der Waals surface area contributed by atoms with Gasteiger partial charge in [0.1, 0.15) is 6.10 Å². The van der Waals surface area contributed by atoms with Crippen LogP contribution in [0.4, 0.5) is 0 Å². The van der Waals surface area contributed by atoms with Crippen molar-refractivity contribution >= 4 is 5.78 Å². The fraction of sp³-hybridized carbons (Fsp3) is 0.316. The fourth-order valence-electron chi connectivity index (χ4n) is 1.82. The zero-order valence-electron chi connectivity index (χ0n) is 12.9. The Balaban J connectivity index is 0.000000403. The molecule has 4 nitrogen and oxygen atoms in total. The number of aliphatic hydroxyl groups excluding tert-OH is 2. The lowest BCUT2D eigenvalue weighted by molar-refractivity contribution is -0.125. The van der Waals surface area contributed by atoms with Crippen LogP contribution >= 0.6 is 0 Å². The quantitative estimate of drug-likeness (QED) is 0.809. The topological polar surface area (TPSA) is 83.5 Å². The Morgan fingerprint density at radius 1 is 0.913 bits per heavy atom. The maximum atomic E-state index is 10.7. The molecule has 4 heteroatoms. The normalized spacial score (nSPS) is 13.6. The molecule has 4 N–H and O–H groups in total. The van der Waals surface area contributed by atoms with Gasteiger partial charge in [-0.1, -0.05) is 68.1 Å². The van der Waals surface area contributed by atoms with Crippen molar-refractivity contribution in [3.05, 3.63) is 71.8 Å². The van der Waals surface area contributed by atoms with E-state index >= 15 is 0 Å². The summed E-state index contributed by atoms with van der Waals surface area (Å²) in [5, 5.41) is 18.7. The molecule has 0 aliphatic rings. The second kappa shape index (κ2) is 10.7. The van der Waals surface area contributed by atoms with E-state index in [9.17, 15) is 15.0 Å². The van der Waals surface area contributed by atoms with Gasteiger partial charge >= 0.3 is 0 Å². The average molecular weight is 317 g/mol. The second-order valence-electron chi connectivity index (χ2n) is 5.14. The van der Waals surface area contributed by atoms with Gasteiger partial charge in [0.05, 0.1) is 6.10 Å². The molecule has 0 saturated heterocycles. The van der Waals surface area contributed by atoms with Crippen LogP contribution in [0.5, 0.6) is 0 Å². The van der Waals surface area contributed by atoms with Gasteiger partial charge in [-0.2, -0.15) is 0 Å². The van der Waals surface area contributed by atoms with E-state index in [0.29, 0.717) is 5.56 Å². The second-order valence-corrected chi connectivity index (χ2v) is 5.14. The van der Waals surface area contributed by atoms with E-state index in [1.165, 1.54) is 6.92 Å². The number of nitrogens with two attached hydrogens (primary N) is 1. The third-order valence-electron chi connectivity index (χ3n) is 3.14. The first-order chi connectivity index (χ1) is 10.4. The number of hydrogen-bond donors (Lipinski definition) is 3. The van der Waals surface area contributed by atoms with Crippen molar-refractivity contribution in [2.75, 3.05) is 0 Å².